The summed E-state index contributed by atoms with van der Waals surface area (Å²) in [5.41, 5.74) is 1.25. The third-order valence-electron chi connectivity index (χ3n) is 4.53. The molecule has 4 nitrogen and oxygen atoms in total. The van der Waals surface area contributed by atoms with Gasteiger partial charge in [-0.05, 0) is 43.5 Å². The van der Waals surface area contributed by atoms with Crippen molar-refractivity contribution in [1.82, 2.24) is 10.6 Å². The molecule has 1 aromatic heterocycles. The average Bonchev–Trinajstić information content (AvgIpc) is 3.33. The second-order valence-electron chi connectivity index (χ2n) is 6.42. The molecule has 0 aliphatic carbocycles. The van der Waals surface area contributed by atoms with Crippen LogP contribution in [0.4, 0.5) is 0 Å². The summed E-state index contributed by atoms with van der Waals surface area (Å²) in [6.45, 7) is 1.74. The highest BCUT2D eigenvalue weighted by atomic mass is 32.2. The van der Waals surface area contributed by atoms with E-state index in [9.17, 15) is 4.79 Å². The summed E-state index contributed by atoms with van der Waals surface area (Å²) in [7, 11) is 0. The van der Waals surface area contributed by atoms with Crippen molar-refractivity contribution in [2.45, 2.75) is 42.7 Å². The van der Waals surface area contributed by atoms with Crippen LogP contribution in [0.1, 0.15) is 30.6 Å². The van der Waals surface area contributed by atoms with Crippen molar-refractivity contribution in [3.05, 3.63) is 60.1 Å². The molecular weight excluding hydrogens is 332 g/mol. The molecule has 0 saturated carbocycles. The molecule has 1 aromatic carbocycles. The number of thioether (sulfide) groups is 1. The summed E-state index contributed by atoms with van der Waals surface area (Å²) in [5.74, 6) is 1.92. The molecule has 5 heteroatoms. The minimum absolute atomic E-state index is 0.140. The molecule has 1 fully saturated rings. The first-order valence-corrected chi connectivity index (χ1v) is 10.0. The normalized spacial score (nSPS) is 18.2. The van der Waals surface area contributed by atoms with E-state index in [-0.39, 0.29) is 11.2 Å². The van der Waals surface area contributed by atoms with Crippen molar-refractivity contribution < 1.29 is 9.21 Å². The molecule has 25 heavy (non-hydrogen) atoms. The molecule has 0 bridgehead atoms. The highest BCUT2D eigenvalue weighted by Gasteiger charge is 2.27. The van der Waals surface area contributed by atoms with Gasteiger partial charge >= 0.3 is 0 Å². The largest absolute Gasteiger partial charge is 0.468 e. The van der Waals surface area contributed by atoms with E-state index in [2.05, 4.69) is 22.8 Å². The summed E-state index contributed by atoms with van der Waals surface area (Å²) in [5, 5.41) is 6.90. The zero-order valence-corrected chi connectivity index (χ0v) is 15.3. The molecule has 2 aromatic rings. The number of hydrogen-bond acceptors (Lipinski definition) is 4. The fraction of sp³-hybridized carbons (Fsp3) is 0.450. The predicted octanol–water partition coefficient (Wildman–Crippen LogP) is 3.38. The monoisotopic (exact) mass is 358 g/mol. The van der Waals surface area contributed by atoms with Gasteiger partial charge in [0, 0.05) is 24.3 Å². The molecule has 3 rings (SSSR count). The Hall–Kier alpha value is -1.72. The third-order valence-corrected chi connectivity index (χ3v) is 5.91. The minimum Gasteiger partial charge on any atom is -0.468 e. The quantitative estimate of drug-likeness (QED) is 0.721. The predicted molar refractivity (Wildman–Crippen MR) is 103 cm³/mol. The van der Waals surface area contributed by atoms with E-state index in [0.717, 1.165) is 30.9 Å². The zero-order chi connectivity index (χ0) is 17.3. The smallest absolute Gasteiger partial charge is 0.221 e. The second kappa shape index (κ2) is 9.68. The Bertz CT molecular complexity index is 624. The van der Waals surface area contributed by atoms with Crippen molar-refractivity contribution >= 4 is 17.7 Å². The van der Waals surface area contributed by atoms with Gasteiger partial charge in [0.2, 0.25) is 5.91 Å². The summed E-state index contributed by atoms with van der Waals surface area (Å²) >= 11 is 1.82. The van der Waals surface area contributed by atoms with Crippen LogP contribution in [-0.2, 0) is 17.0 Å². The zero-order valence-electron chi connectivity index (χ0n) is 14.4. The minimum atomic E-state index is 0.140. The van der Waals surface area contributed by atoms with Gasteiger partial charge in [0.25, 0.3) is 0 Å². The van der Waals surface area contributed by atoms with Crippen LogP contribution in [-0.4, -0.2) is 30.3 Å². The molecule has 2 N–H and O–H groups in total. The lowest BCUT2D eigenvalue weighted by molar-refractivity contribution is -0.121. The number of benzene rings is 1. The van der Waals surface area contributed by atoms with Crippen LogP contribution in [0.3, 0.4) is 0 Å². The maximum atomic E-state index is 12.4. The molecular formula is C20H26N2O2S. The molecule has 1 amide bonds. The van der Waals surface area contributed by atoms with Gasteiger partial charge in [-0.25, -0.2) is 0 Å². The van der Waals surface area contributed by atoms with E-state index in [1.807, 2.05) is 42.1 Å². The van der Waals surface area contributed by atoms with Crippen LogP contribution >= 0.6 is 11.8 Å². The van der Waals surface area contributed by atoms with Crippen LogP contribution in [0.2, 0.25) is 0 Å². The van der Waals surface area contributed by atoms with Crippen molar-refractivity contribution in [3.63, 3.8) is 0 Å². The van der Waals surface area contributed by atoms with Gasteiger partial charge < -0.3 is 15.1 Å². The van der Waals surface area contributed by atoms with E-state index < -0.39 is 0 Å². The number of carbonyl (C=O) groups excluding carboxylic acids is 1. The van der Waals surface area contributed by atoms with Gasteiger partial charge in [-0.2, -0.15) is 0 Å². The summed E-state index contributed by atoms with van der Waals surface area (Å²) in [6.07, 6.45) is 5.47. The van der Waals surface area contributed by atoms with E-state index in [1.165, 1.54) is 12.0 Å². The Kier molecular flexibility index (Phi) is 7.00. The molecule has 0 spiro atoms. The van der Waals surface area contributed by atoms with Gasteiger partial charge in [-0.15, -0.1) is 11.8 Å². The van der Waals surface area contributed by atoms with Crippen molar-refractivity contribution in [3.8, 4) is 0 Å². The number of nitrogens with one attached hydrogen (secondary N) is 2. The van der Waals surface area contributed by atoms with Crippen LogP contribution in [0, 0.1) is 0 Å². The Labute approximate surface area is 153 Å². The van der Waals surface area contributed by atoms with E-state index in [1.54, 1.807) is 6.26 Å². The number of carbonyl (C=O) groups is 1. The fourth-order valence-electron chi connectivity index (χ4n) is 3.18. The first kappa shape index (κ1) is 18.1. The third kappa shape index (κ3) is 5.94. The topological polar surface area (TPSA) is 54.3 Å². The SMILES string of the molecule is O=C(CC(SCc1ccco1)C1CCCN1)NCCc1ccccc1. The molecule has 0 radical (unpaired) electrons. The Morgan fingerprint density at radius 1 is 1.28 bits per heavy atom. The molecule has 2 unspecified atom stereocenters. The summed E-state index contributed by atoms with van der Waals surface area (Å²) < 4.78 is 5.42. The van der Waals surface area contributed by atoms with Crippen molar-refractivity contribution in [2.24, 2.45) is 0 Å². The lowest BCUT2D eigenvalue weighted by Crippen LogP contribution is -2.37. The van der Waals surface area contributed by atoms with E-state index in [4.69, 9.17) is 4.42 Å². The Balaban J connectivity index is 1.45. The number of amides is 1. The summed E-state index contributed by atoms with van der Waals surface area (Å²) in [4.78, 5) is 12.4. The lowest BCUT2D eigenvalue weighted by Gasteiger charge is -2.22. The van der Waals surface area contributed by atoms with E-state index in [0.29, 0.717) is 19.0 Å². The Morgan fingerprint density at radius 2 is 2.16 bits per heavy atom. The van der Waals surface area contributed by atoms with Gasteiger partial charge in [-0.3, -0.25) is 4.79 Å². The van der Waals surface area contributed by atoms with Gasteiger partial charge in [-0.1, -0.05) is 30.3 Å². The molecule has 1 saturated heterocycles. The van der Waals surface area contributed by atoms with Gasteiger partial charge in [0.15, 0.2) is 0 Å². The van der Waals surface area contributed by atoms with Crippen LogP contribution in [0.5, 0.6) is 0 Å². The fourth-order valence-corrected chi connectivity index (χ4v) is 4.45. The number of hydrogen-bond donors (Lipinski definition) is 2. The lowest BCUT2D eigenvalue weighted by atomic mass is 10.1. The first-order valence-electron chi connectivity index (χ1n) is 8.99. The van der Waals surface area contributed by atoms with Crippen LogP contribution in [0.25, 0.3) is 0 Å². The maximum Gasteiger partial charge on any atom is 0.221 e. The van der Waals surface area contributed by atoms with Gasteiger partial charge in [0.05, 0.1) is 12.0 Å². The van der Waals surface area contributed by atoms with E-state index >= 15 is 0 Å². The second-order valence-corrected chi connectivity index (χ2v) is 7.65. The molecule has 1 aliphatic heterocycles. The highest BCUT2D eigenvalue weighted by Crippen LogP contribution is 2.27. The Morgan fingerprint density at radius 3 is 2.88 bits per heavy atom. The summed E-state index contributed by atoms with van der Waals surface area (Å²) in [6, 6.07) is 14.6. The maximum absolute atomic E-state index is 12.4. The standard InChI is InChI=1S/C20H26N2O2S/c23-20(22-12-10-16-6-2-1-3-7-16)14-19(18-9-4-11-21-18)25-15-17-8-5-13-24-17/h1-3,5-8,13,18-19,21H,4,9-12,14-15H2,(H,22,23). The molecule has 1 aliphatic rings. The number of furan rings is 1. The van der Waals surface area contributed by atoms with Crippen molar-refractivity contribution in [1.29, 1.82) is 0 Å². The van der Waals surface area contributed by atoms with Crippen LogP contribution in [0.15, 0.2) is 53.1 Å². The average molecular weight is 359 g/mol. The molecule has 2 heterocycles. The number of rotatable bonds is 9. The first-order chi connectivity index (χ1) is 12.3. The van der Waals surface area contributed by atoms with Crippen molar-refractivity contribution in [2.75, 3.05) is 13.1 Å². The highest BCUT2D eigenvalue weighted by molar-refractivity contribution is 7.99. The molecule has 134 valence electrons. The van der Waals surface area contributed by atoms with Crippen LogP contribution < -0.4 is 10.6 Å². The van der Waals surface area contributed by atoms with Gasteiger partial charge in [0.1, 0.15) is 5.76 Å². The molecule has 2 atom stereocenters.